The SMILES string of the molecule is CN(C(=O)c1cc(Cl)cc(Cl)c1)C1CNC1. The van der Waals surface area contributed by atoms with E-state index in [1.54, 1.807) is 30.1 Å². The van der Waals surface area contributed by atoms with Crippen LogP contribution in [-0.4, -0.2) is 37.0 Å². The van der Waals surface area contributed by atoms with Crippen LogP contribution in [0.25, 0.3) is 0 Å². The van der Waals surface area contributed by atoms with Crippen molar-refractivity contribution in [1.29, 1.82) is 0 Å². The highest BCUT2D eigenvalue weighted by Gasteiger charge is 2.26. The molecule has 0 atom stereocenters. The highest BCUT2D eigenvalue weighted by atomic mass is 35.5. The van der Waals surface area contributed by atoms with Gasteiger partial charge in [0.15, 0.2) is 0 Å². The van der Waals surface area contributed by atoms with Gasteiger partial charge in [-0.15, -0.1) is 0 Å². The Morgan fingerprint density at radius 1 is 1.31 bits per heavy atom. The van der Waals surface area contributed by atoms with Crippen LogP contribution in [0.4, 0.5) is 0 Å². The number of benzene rings is 1. The fraction of sp³-hybridized carbons (Fsp3) is 0.364. The summed E-state index contributed by atoms with van der Waals surface area (Å²) in [4.78, 5) is 13.8. The number of carbonyl (C=O) groups is 1. The van der Waals surface area contributed by atoms with Gasteiger partial charge in [-0.05, 0) is 18.2 Å². The molecule has 0 aromatic heterocycles. The number of nitrogens with one attached hydrogen (secondary N) is 1. The number of amides is 1. The fourth-order valence-electron chi connectivity index (χ4n) is 1.59. The second kappa shape index (κ2) is 4.62. The lowest BCUT2D eigenvalue weighted by molar-refractivity contribution is 0.0681. The van der Waals surface area contributed by atoms with Gasteiger partial charge in [0.2, 0.25) is 0 Å². The van der Waals surface area contributed by atoms with Gasteiger partial charge in [-0.25, -0.2) is 0 Å². The summed E-state index contributed by atoms with van der Waals surface area (Å²) in [6.45, 7) is 1.69. The topological polar surface area (TPSA) is 32.3 Å². The number of hydrogen-bond acceptors (Lipinski definition) is 2. The zero-order valence-electron chi connectivity index (χ0n) is 8.84. The van der Waals surface area contributed by atoms with Gasteiger partial charge < -0.3 is 10.2 Å². The van der Waals surface area contributed by atoms with E-state index in [-0.39, 0.29) is 11.9 Å². The number of hydrogen-bond donors (Lipinski definition) is 1. The van der Waals surface area contributed by atoms with E-state index in [2.05, 4.69) is 5.32 Å². The second-order valence-corrected chi connectivity index (χ2v) is 4.76. The molecule has 2 rings (SSSR count). The minimum atomic E-state index is -0.0455. The standard InChI is InChI=1S/C11H12Cl2N2O/c1-15(10-5-14-6-10)11(16)7-2-8(12)4-9(13)3-7/h2-4,10,14H,5-6H2,1H3. The normalized spacial score (nSPS) is 15.7. The lowest BCUT2D eigenvalue weighted by atomic mass is 10.1. The van der Waals surface area contributed by atoms with Gasteiger partial charge in [-0.1, -0.05) is 23.2 Å². The van der Waals surface area contributed by atoms with Gasteiger partial charge in [0.25, 0.3) is 5.91 Å². The zero-order chi connectivity index (χ0) is 11.7. The first-order valence-electron chi connectivity index (χ1n) is 5.02. The predicted molar refractivity (Wildman–Crippen MR) is 65.2 cm³/mol. The van der Waals surface area contributed by atoms with Crippen molar-refractivity contribution in [3.63, 3.8) is 0 Å². The lowest BCUT2D eigenvalue weighted by Gasteiger charge is -2.35. The average Bonchev–Trinajstić information content (AvgIpc) is 2.12. The van der Waals surface area contributed by atoms with E-state index in [1.165, 1.54) is 0 Å². The zero-order valence-corrected chi connectivity index (χ0v) is 10.3. The Labute approximate surface area is 104 Å². The summed E-state index contributed by atoms with van der Waals surface area (Å²) in [6.07, 6.45) is 0. The molecule has 1 aromatic rings. The van der Waals surface area contributed by atoms with Crippen molar-refractivity contribution >= 4 is 29.1 Å². The van der Waals surface area contributed by atoms with Gasteiger partial charge >= 0.3 is 0 Å². The Balaban J connectivity index is 2.19. The number of rotatable bonds is 2. The van der Waals surface area contributed by atoms with Crippen molar-refractivity contribution in [2.75, 3.05) is 20.1 Å². The highest BCUT2D eigenvalue weighted by molar-refractivity contribution is 6.35. The minimum absolute atomic E-state index is 0.0455. The quantitative estimate of drug-likeness (QED) is 0.881. The minimum Gasteiger partial charge on any atom is -0.336 e. The smallest absolute Gasteiger partial charge is 0.254 e. The van der Waals surface area contributed by atoms with E-state index in [4.69, 9.17) is 23.2 Å². The van der Waals surface area contributed by atoms with Crippen molar-refractivity contribution < 1.29 is 4.79 Å². The van der Waals surface area contributed by atoms with Crippen LogP contribution in [0.1, 0.15) is 10.4 Å². The fourth-order valence-corrected chi connectivity index (χ4v) is 2.12. The number of nitrogens with zero attached hydrogens (tertiary/aromatic N) is 1. The predicted octanol–water partition coefficient (Wildman–Crippen LogP) is 2.04. The number of halogens is 2. The summed E-state index contributed by atoms with van der Waals surface area (Å²) in [5.41, 5.74) is 0.534. The molecule has 0 saturated carbocycles. The Kier molecular flexibility index (Phi) is 3.38. The van der Waals surface area contributed by atoms with E-state index in [0.717, 1.165) is 13.1 Å². The third-order valence-corrected chi connectivity index (χ3v) is 3.17. The first kappa shape index (κ1) is 11.7. The largest absolute Gasteiger partial charge is 0.336 e. The summed E-state index contributed by atoms with van der Waals surface area (Å²) in [5, 5.41) is 4.09. The molecule has 0 aliphatic carbocycles. The van der Waals surface area contributed by atoms with E-state index in [9.17, 15) is 4.79 Å². The highest BCUT2D eigenvalue weighted by Crippen LogP contribution is 2.20. The molecule has 0 bridgehead atoms. The number of likely N-dealkylation sites (N-methyl/N-ethyl adjacent to an activating group) is 1. The lowest BCUT2D eigenvalue weighted by Crippen LogP contribution is -2.57. The van der Waals surface area contributed by atoms with E-state index < -0.39 is 0 Å². The van der Waals surface area contributed by atoms with Crippen LogP contribution in [0.2, 0.25) is 10.0 Å². The molecule has 1 saturated heterocycles. The Bertz CT molecular complexity index is 398. The molecule has 1 heterocycles. The summed E-state index contributed by atoms with van der Waals surface area (Å²) in [5.74, 6) is -0.0455. The van der Waals surface area contributed by atoms with Crippen molar-refractivity contribution in [3.8, 4) is 0 Å². The second-order valence-electron chi connectivity index (χ2n) is 3.89. The molecule has 0 spiro atoms. The van der Waals surface area contributed by atoms with Gasteiger partial charge in [-0.3, -0.25) is 4.79 Å². The van der Waals surface area contributed by atoms with E-state index in [1.807, 2.05) is 0 Å². The average molecular weight is 259 g/mol. The van der Waals surface area contributed by atoms with Crippen molar-refractivity contribution in [1.82, 2.24) is 10.2 Å². The van der Waals surface area contributed by atoms with Crippen LogP contribution in [-0.2, 0) is 0 Å². The molecule has 5 heteroatoms. The third kappa shape index (κ3) is 2.32. The summed E-state index contributed by atoms with van der Waals surface area (Å²) < 4.78 is 0. The molecule has 86 valence electrons. The summed E-state index contributed by atoms with van der Waals surface area (Å²) in [6, 6.07) is 5.16. The first-order chi connectivity index (χ1) is 7.58. The van der Waals surface area contributed by atoms with Crippen LogP contribution in [0.15, 0.2) is 18.2 Å². The van der Waals surface area contributed by atoms with Crippen LogP contribution < -0.4 is 5.32 Å². The van der Waals surface area contributed by atoms with Gasteiger partial charge in [-0.2, -0.15) is 0 Å². The van der Waals surface area contributed by atoms with Crippen LogP contribution in [0.3, 0.4) is 0 Å². The maximum absolute atomic E-state index is 12.1. The van der Waals surface area contributed by atoms with E-state index >= 15 is 0 Å². The van der Waals surface area contributed by atoms with Crippen molar-refractivity contribution in [2.45, 2.75) is 6.04 Å². The number of carbonyl (C=O) groups excluding carboxylic acids is 1. The maximum atomic E-state index is 12.1. The molecule has 1 fully saturated rings. The molecule has 0 radical (unpaired) electrons. The molecule has 3 nitrogen and oxygen atoms in total. The molecule has 1 N–H and O–H groups in total. The third-order valence-electron chi connectivity index (χ3n) is 2.74. The molecule has 1 amide bonds. The summed E-state index contributed by atoms with van der Waals surface area (Å²) >= 11 is 11.7. The van der Waals surface area contributed by atoms with Crippen LogP contribution >= 0.6 is 23.2 Å². The molecule has 0 unspecified atom stereocenters. The van der Waals surface area contributed by atoms with Gasteiger partial charge in [0.05, 0.1) is 6.04 Å². The van der Waals surface area contributed by atoms with Crippen molar-refractivity contribution in [2.24, 2.45) is 0 Å². The molecule has 1 aromatic carbocycles. The first-order valence-corrected chi connectivity index (χ1v) is 5.77. The molecule has 1 aliphatic rings. The Morgan fingerprint density at radius 3 is 2.31 bits per heavy atom. The van der Waals surface area contributed by atoms with Crippen molar-refractivity contribution in [3.05, 3.63) is 33.8 Å². The Morgan fingerprint density at radius 2 is 1.88 bits per heavy atom. The van der Waals surface area contributed by atoms with Crippen LogP contribution in [0, 0.1) is 0 Å². The molecular formula is C11H12Cl2N2O. The van der Waals surface area contributed by atoms with Crippen LogP contribution in [0.5, 0.6) is 0 Å². The van der Waals surface area contributed by atoms with Gasteiger partial charge in [0, 0.05) is 35.7 Å². The molecule has 1 aliphatic heterocycles. The molecule has 16 heavy (non-hydrogen) atoms. The maximum Gasteiger partial charge on any atom is 0.254 e. The van der Waals surface area contributed by atoms with E-state index in [0.29, 0.717) is 15.6 Å². The van der Waals surface area contributed by atoms with Gasteiger partial charge in [0.1, 0.15) is 0 Å². The Hall–Kier alpha value is -0.770. The monoisotopic (exact) mass is 258 g/mol. The molecular weight excluding hydrogens is 247 g/mol. The summed E-state index contributed by atoms with van der Waals surface area (Å²) in [7, 11) is 1.79.